The summed E-state index contributed by atoms with van der Waals surface area (Å²) in [6.45, 7) is 4.03. The second-order valence-electron chi connectivity index (χ2n) is 5.28. The maximum Gasteiger partial charge on any atom is 0.292 e. The van der Waals surface area contributed by atoms with E-state index in [4.69, 9.17) is 4.55 Å². The Hall–Kier alpha value is -0.460. The van der Waals surface area contributed by atoms with Crippen LogP contribution in [0.5, 0.6) is 0 Å². The van der Waals surface area contributed by atoms with Gasteiger partial charge in [-0.1, -0.05) is 52.4 Å². The summed E-state index contributed by atoms with van der Waals surface area (Å²) in [5, 5.41) is 9.62. The number of rotatable bonds is 12. The van der Waals surface area contributed by atoms with E-state index in [1.165, 1.54) is 0 Å². The quantitative estimate of drug-likeness (QED) is 0.427. The van der Waals surface area contributed by atoms with Crippen LogP contribution >= 0.6 is 0 Å². The normalized spacial score (nSPS) is 15.0. The highest BCUT2D eigenvalue weighted by Gasteiger charge is 2.34. The minimum absolute atomic E-state index is 0.264. The monoisotopic (exact) mass is 308 g/mol. The first-order chi connectivity index (χ1) is 9.34. The summed E-state index contributed by atoms with van der Waals surface area (Å²) in [5.41, 5.74) is -1.99. The molecule has 20 heavy (non-hydrogen) atoms. The third-order valence-electron chi connectivity index (χ3n) is 3.46. The van der Waals surface area contributed by atoms with Gasteiger partial charge in [0, 0.05) is 6.42 Å². The minimum Gasteiger partial charge on any atom is -0.374 e. The van der Waals surface area contributed by atoms with Crippen molar-refractivity contribution in [2.45, 2.75) is 77.1 Å². The van der Waals surface area contributed by atoms with Crippen molar-refractivity contribution in [3.63, 3.8) is 0 Å². The molecule has 0 bridgehead atoms. The number of Topliss-reactive ketones (excluding diaryl/α,β-unsaturated/α-hetero) is 1. The highest BCUT2D eigenvalue weighted by atomic mass is 32.2. The molecule has 0 radical (unpaired) electrons. The fourth-order valence-electron chi connectivity index (χ4n) is 2.18. The molecule has 0 aliphatic carbocycles. The van der Waals surface area contributed by atoms with Gasteiger partial charge in [0.05, 0.1) is 5.92 Å². The fourth-order valence-corrected chi connectivity index (χ4v) is 2.89. The molecule has 0 fully saturated rings. The van der Waals surface area contributed by atoms with E-state index in [9.17, 15) is 18.3 Å². The molecule has 120 valence electrons. The Morgan fingerprint density at radius 3 is 2.05 bits per heavy atom. The largest absolute Gasteiger partial charge is 0.374 e. The van der Waals surface area contributed by atoms with Crippen LogP contribution in [0.3, 0.4) is 0 Å². The van der Waals surface area contributed by atoms with Crippen LogP contribution in [0.25, 0.3) is 0 Å². The van der Waals surface area contributed by atoms with Crippen LogP contribution in [0, 0.1) is 5.92 Å². The predicted molar refractivity (Wildman–Crippen MR) is 79.0 cm³/mol. The minimum atomic E-state index is -4.58. The standard InChI is InChI=1S/C14H28O5S/c1-3-5-7-8-9-11-13(15)12(10-6-4-2)14(16)20(17,18)19/h12,14,16H,3-11H2,1-2H3,(H,17,18,19). The first-order valence-corrected chi connectivity index (χ1v) is 9.02. The van der Waals surface area contributed by atoms with Crippen LogP contribution in [-0.4, -0.2) is 29.3 Å². The van der Waals surface area contributed by atoms with Gasteiger partial charge in [-0.25, -0.2) is 0 Å². The smallest absolute Gasteiger partial charge is 0.292 e. The van der Waals surface area contributed by atoms with Crippen molar-refractivity contribution >= 4 is 15.9 Å². The fraction of sp³-hybridized carbons (Fsp3) is 0.929. The van der Waals surface area contributed by atoms with Gasteiger partial charge < -0.3 is 5.11 Å². The number of aliphatic hydroxyl groups is 1. The Bertz CT molecular complexity index is 364. The van der Waals surface area contributed by atoms with E-state index in [0.29, 0.717) is 19.3 Å². The Morgan fingerprint density at radius 1 is 1.00 bits per heavy atom. The Kier molecular flexibility index (Phi) is 10.1. The molecule has 0 spiro atoms. The third-order valence-corrected chi connectivity index (χ3v) is 4.40. The summed E-state index contributed by atoms with van der Waals surface area (Å²) in [7, 11) is -4.58. The van der Waals surface area contributed by atoms with Gasteiger partial charge in [0.2, 0.25) is 0 Å². The summed E-state index contributed by atoms with van der Waals surface area (Å²) in [6.07, 6.45) is 6.97. The molecule has 0 heterocycles. The number of carbonyl (C=O) groups excluding carboxylic acids is 1. The van der Waals surface area contributed by atoms with Crippen molar-refractivity contribution in [1.29, 1.82) is 0 Å². The summed E-state index contributed by atoms with van der Waals surface area (Å²) in [6, 6.07) is 0. The van der Waals surface area contributed by atoms with Gasteiger partial charge in [0.15, 0.2) is 5.44 Å². The van der Waals surface area contributed by atoms with E-state index in [1.807, 2.05) is 6.92 Å². The highest BCUT2D eigenvalue weighted by molar-refractivity contribution is 7.86. The molecule has 0 aliphatic rings. The zero-order valence-corrected chi connectivity index (χ0v) is 13.4. The lowest BCUT2D eigenvalue weighted by Crippen LogP contribution is -2.34. The van der Waals surface area contributed by atoms with E-state index in [0.717, 1.165) is 32.1 Å². The van der Waals surface area contributed by atoms with E-state index in [2.05, 4.69) is 6.92 Å². The number of ketones is 1. The summed E-state index contributed by atoms with van der Waals surface area (Å²) >= 11 is 0. The zero-order valence-electron chi connectivity index (χ0n) is 12.5. The molecular weight excluding hydrogens is 280 g/mol. The lowest BCUT2D eigenvalue weighted by Gasteiger charge is -2.19. The number of carbonyl (C=O) groups is 1. The number of hydrogen-bond acceptors (Lipinski definition) is 4. The molecule has 0 aromatic heterocycles. The Morgan fingerprint density at radius 2 is 1.55 bits per heavy atom. The van der Waals surface area contributed by atoms with Crippen LogP contribution in [0.2, 0.25) is 0 Å². The van der Waals surface area contributed by atoms with Gasteiger partial charge in [-0.2, -0.15) is 8.42 Å². The molecule has 0 saturated heterocycles. The van der Waals surface area contributed by atoms with E-state index < -0.39 is 21.5 Å². The van der Waals surface area contributed by atoms with Gasteiger partial charge in [-0.15, -0.1) is 0 Å². The SMILES string of the molecule is CCCCCCCC(=O)C(CCCC)C(O)S(=O)(=O)O. The molecule has 0 saturated carbocycles. The molecule has 6 heteroatoms. The topological polar surface area (TPSA) is 91.7 Å². The van der Waals surface area contributed by atoms with Crippen molar-refractivity contribution in [3.8, 4) is 0 Å². The molecular formula is C14H28O5S. The predicted octanol–water partition coefficient (Wildman–Crippen LogP) is 2.93. The van der Waals surface area contributed by atoms with Gasteiger partial charge in [0.25, 0.3) is 10.1 Å². The summed E-state index contributed by atoms with van der Waals surface area (Å²) < 4.78 is 30.9. The van der Waals surface area contributed by atoms with Crippen LogP contribution in [0.4, 0.5) is 0 Å². The van der Waals surface area contributed by atoms with Crippen molar-refractivity contribution in [1.82, 2.24) is 0 Å². The first kappa shape index (κ1) is 19.5. The lowest BCUT2D eigenvalue weighted by atomic mass is 9.94. The molecule has 0 aromatic rings. The maximum absolute atomic E-state index is 12.0. The van der Waals surface area contributed by atoms with Crippen molar-refractivity contribution in [2.24, 2.45) is 5.92 Å². The van der Waals surface area contributed by atoms with Gasteiger partial charge in [-0.3, -0.25) is 9.35 Å². The van der Waals surface area contributed by atoms with Gasteiger partial charge in [-0.05, 0) is 12.8 Å². The van der Waals surface area contributed by atoms with Crippen molar-refractivity contribution in [3.05, 3.63) is 0 Å². The number of aliphatic hydroxyl groups excluding tert-OH is 1. The number of hydrogen-bond donors (Lipinski definition) is 2. The summed E-state index contributed by atoms with van der Waals surface area (Å²) in [5.74, 6) is -1.27. The number of unbranched alkanes of at least 4 members (excludes halogenated alkanes) is 5. The van der Waals surface area contributed by atoms with E-state index in [-0.39, 0.29) is 12.2 Å². The van der Waals surface area contributed by atoms with Crippen LogP contribution < -0.4 is 0 Å². The molecule has 2 N–H and O–H groups in total. The Labute approximate surface area is 122 Å². The van der Waals surface area contributed by atoms with Crippen LogP contribution in [-0.2, 0) is 14.9 Å². The lowest BCUT2D eigenvalue weighted by molar-refractivity contribution is -0.125. The highest BCUT2D eigenvalue weighted by Crippen LogP contribution is 2.21. The molecule has 5 nitrogen and oxygen atoms in total. The molecule has 2 atom stereocenters. The van der Waals surface area contributed by atoms with Gasteiger partial charge in [0.1, 0.15) is 5.78 Å². The Balaban J connectivity index is 4.42. The van der Waals surface area contributed by atoms with Crippen LogP contribution in [0.15, 0.2) is 0 Å². The molecule has 2 unspecified atom stereocenters. The molecule has 0 aromatic carbocycles. The average Bonchev–Trinajstić information content (AvgIpc) is 2.37. The molecule has 0 rings (SSSR count). The third kappa shape index (κ3) is 7.97. The molecule has 0 amide bonds. The maximum atomic E-state index is 12.0. The van der Waals surface area contributed by atoms with Crippen LogP contribution in [0.1, 0.15) is 71.6 Å². The van der Waals surface area contributed by atoms with Gasteiger partial charge >= 0.3 is 0 Å². The van der Waals surface area contributed by atoms with Crippen molar-refractivity contribution in [2.75, 3.05) is 0 Å². The second kappa shape index (κ2) is 10.3. The zero-order chi connectivity index (χ0) is 15.6. The summed E-state index contributed by atoms with van der Waals surface area (Å²) in [4.78, 5) is 12.0. The van der Waals surface area contributed by atoms with E-state index in [1.54, 1.807) is 0 Å². The molecule has 0 aliphatic heterocycles. The van der Waals surface area contributed by atoms with E-state index >= 15 is 0 Å². The average molecular weight is 308 g/mol. The second-order valence-corrected chi connectivity index (χ2v) is 6.80. The first-order valence-electron chi connectivity index (χ1n) is 7.51. The van der Waals surface area contributed by atoms with Crippen molar-refractivity contribution < 1.29 is 22.9 Å².